The Kier molecular flexibility index (Phi) is 8.23. The van der Waals surface area contributed by atoms with Crippen LogP contribution in [0.2, 0.25) is 5.02 Å². The number of methoxy groups -OCH3 is 1. The van der Waals surface area contributed by atoms with Crippen LogP contribution in [0.25, 0.3) is 0 Å². The number of anilines is 1. The summed E-state index contributed by atoms with van der Waals surface area (Å²) < 4.78 is 7.80. The lowest BCUT2D eigenvalue weighted by molar-refractivity contribution is -0.148. The van der Waals surface area contributed by atoms with Crippen LogP contribution >= 0.6 is 11.6 Å². The number of pyridine rings is 1. The predicted octanol–water partition coefficient (Wildman–Crippen LogP) is 7.98. The fraction of sp³-hybridized carbons (Fsp3) is 0.514. The Balaban J connectivity index is 1.26. The molecule has 1 aromatic heterocycles. The molecule has 3 aliphatic rings. The number of benzene rings is 2. The SMILES string of the molecule is COC(=O)C1(Nc2cccc(Cl)c2)CCC2(CC1)c1ccccc1C[C@@H]2C[C@@H](C)Cn1cc(C)c(=O)c2c1CCCC2C. The van der Waals surface area contributed by atoms with Crippen LogP contribution in [0.5, 0.6) is 0 Å². The number of hydrogen-bond acceptors (Lipinski definition) is 4. The summed E-state index contributed by atoms with van der Waals surface area (Å²) in [5.41, 5.74) is 6.47. The van der Waals surface area contributed by atoms with Gasteiger partial charge in [-0.25, -0.2) is 4.79 Å². The van der Waals surface area contributed by atoms with Crippen molar-refractivity contribution in [2.45, 2.75) is 102 Å². The van der Waals surface area contributed by atoms with Crippen molar-refractivity contribution in [1.82, 2.24) is 4.57 Å². The van der Waals surface area contributed by atoms with E-state index in [4.69, 9.17) is 16.3 Å². The van der Waals surface area contributed by atoms with Crippen LogP contribution in [-0.2, 0) is 34.3 Å². The third-order valence-corrected chi connectivity index (χ3v) is 11.2. The van der Waals surface area contributed by atoms with Gasteiger partial charge in [-0.05, 0) is 117 Å². The number of carbonyl (C=O) groups is 1. The van der Waals surface area contributed by atoms with Gasteiger partial charge in [-0.3, -0.25) is 4.79 Å². The number of nitrogens with zero attached hydrogens (tertiary/aromatic N) is 1. The van der Waals surface area contributed by atoms with E-state index in [-0.39, 0.29) is 16.8 Å². The Labute approximate surface area is 261 Å². The Morgan fingerprint density at radius 3 is 2.65 bits per heavy atom. The van der Waals surface area contributed by atoms with Gasteiger partial charge in [0, 0.05) is 40.3 Å². The third kappa shape index (κ3) is 5.43. The van der Waals surface area contributed by atoms with E-state index in [1.807, 2.05) is 31.2 Å². The molecule has 3 aromatic rings. The Morgan fingerprint density at radius 2 is 1.91 bits per heavy atom. The highest BCUT2D eigenvalue weighted by molar-refractivity contribution is 6.30. The summed E-state index contributed by atoms with van der Waals surface area (Å²) in [5.74, 6) is 1.09. The molecule has 3 aliphatic carbocycles. The molecule has 1 spiro atoms. The lowest BCUT2D eigenvalue weighted by Crippen LogP contribution is -2.53. The molecule has 5 nitrogen and oxygen atoms in total. The molecule has 1 N–H and O–H groups in total. The lowest BCUT2D eigenvalue weighted by Gasteiger charge is -2.48. The zero-order chi connectivity index (χ0) is 30.4. The molecule has 0 amide bonds. The molecule has 6 heteroatoms. The number of nitrogens with one attached hydrogen (secondary N) is 1. The van der Waals surface area contributed by atoms with Crippen LogP contribution in [-0.4, -0.2) is 23.2 Å². The number of ether oxygens (including phenoxy) is 1. The van der Waals surface area contributed by atoms with E-state index in [9.17, 15) is 9.59 Å². The highest BCUT2D eigenvalue weighted by Gasteiger charge is 2.54. The van der Waals surface area contributed by atoms with Crippen molar-refractivity contribution >= 4 is 23.3 Å². The summed E-state index contributed by atoms with van der Waals surface area (Å²) in [6.45, 7) is 7.50. The molecule has 1 unspecified atom stereocenters. The quantitative estimate of drug-likeness (QED) is 0.279. The second-order valence-electron chi connectivity index (χ2n) is 13.7. The summed E-state index contributed by atoms with van der Waals surface area (Å²) in [6.07, 6.45) is 10.8. The zero-order valence-electron chi connectivity index (χ0n) is 26.0. The van der Waals surface area contributed by atoms with Crippen LogP contribution in [0.1, 0.15) is 92.7 Å². The van der Waals surface area contributed by atoms with Crippen molar-refractivity contribution in [1.29, 1.82) is 0 Å². The van der Waals surface area contributed by atoms with Crippen LogP contribution in [0.4, 0.5) is 5.69 Å². The first-order valence-electron chi connectivity index (χ1n) is 16.1. The third-order valence-electron chi connectivity index (χ3n) is 10.9. The van der Waals surface area contributed by atoms with Gasteiger partial charge >= 0.3 is 5.97 Å². The molecule has 0 aliphatic heterocycles. The molecular formula is C37H45ClN2O3. The van der Waals surface area contributed by atoms with Crippen molar-refractivity contribution in [3.05, 3.63) is 97.9 Å². The number of fused-ring (bicyclic) bond motifs is 3. The number of aromatic nitrogens is 1. The topological polar surface area (TPSA) is 60.3 Å². The van der Waals surface area contributed by atoms with Gasteiger partial charge in [0.1, 0.15) is 5.54 Å². The van der Waals surface area contributed by atoms with Crippen molar-refractivity contribution in [2.24, 2.45) is 11.8 Å². The minimum atomic E-state index is -0.776. The number of esters is 1. The maximum atomic E-state index is 13.3. The fourth-order valence-corrected chi connectivity index (χ4v) is 9.02. The first-order chi connectivity index (χ1) is 20.7. The summed E-state index contributed by atoms with van der Waals surface area (Å²) in [4.78, 5) is 26.4. The largest absolute Gasteiger partial charge is 0.467 e. The second-order valence-corrected chi connectivity index (χ2v) is 14.1. The zero-order valence-corrected chi connectivity index (χ0v) is 26.8. The fourth-order valence-electron chi connectivity index (χ4n) is 8.83. The summed E-state index contributed by atoms with van der Waals surface area (Å²) in [5, 5.41) is 4.20. The van der Waals surface area contributed by atoms with E-state index in [0.717, 1.165) is 68.3 Å². The van der Waals surface area contributed by atoms with Crippen LogP contribution < -0.4 is 10.7 Å². The molecule has 1 fully saturated rings. The minimum absolute atomic E-state index is 0.0335. The number of rotatable bonds is 7. The summed E-state index contributed by atoms with van der Waals surface area (Å²) in [6, 6.07) is 16.6. The number of halogens is 1. The van der Waals surface area contributed by atoms with Gasteiger partial charge in [-0.2, -0.15) is 0 Å². The van der Waals surface area contributed by atoms with Gasteiger partial charge in [0.05, 0.1) is 7.11 Å². The molecule has 0 saturated heterocycles. The highest BCUT2D eigenvalue weighted by atomic mass is 35.5. The smallest absolute Gasteiger partial charge is 0.331 e. The molecule has 1 heterocycles. The minimum Gasteiger partial charge on any atom is -0.467 e. The molecule has 0 radical (unpaired) electrons. The van der Waals surface area contributed by atoms with Crippen LogP contribution in [0.15, 0.2) is 59.5 Å². The lowest BCUT2D eigenvalue weighted by atomic mass is 9.59. The summed E-state index contributed by atoms with van der Waals surface area (Å²) >= 11 is 6.29. The van der Waals surface area contributed by atoms with Crippen LogP contribution in [0, 0.1) is 18.8 Å². The van der Waals surface area contributed by atoms with Crippen LogP contribution in [0.3, 0.4) is 0 Å². The van der Waals surface area contributed by atoms with E-state index in [0.29, 0.717) is 35.6 Å². The molecule has 228 valence electrons. The molecule has 2 aromatic carbocycles. The average Bonchev–Trinajstić information content (AvgIpc) is 3.28. The van der Waals surface area contributed by atoms with Gasteiger partial charge in [0.25, 0.3) is 0 Å². The van der Waals surface area contributed by atoms with E-state index in [1.54, 1.807) is 0 Å². The Bertz CT molecular complexity index is 1570. The van der Waals surface area contributed by atoms with E-state index < -0.39 is 5.54 Å². The number of carbonyl (C=O) groups excluding carboxylic acids is 1. The first kappa shape index (κ1) is 30.0. The number of hydrogen-bond donors (Lipinski definition) is 1. The van der Waals surface area contributed by atoms with Gasteiger partial charge in [0.2, 0.25) is 0 Å². The average molecular weight is 601 g/mol. The van der Waals surface area contributed by atoms with Gasteiger partial charge < -0.3 is 14.6 Å². The predicted molar refractivity (Wildman–Crippen MR) is 174 cm³/mol. The van der Waals surface area contributed by atoms with E-state index >= 15 is 0 Å². The molecular weight excluding hydrogens is 556 g/mol. The first-order valence-corrected chi connectivity index (χ1v) is 16.5. The Morgan fingerprint density at radius 1 is 1.14 bits per heavy atom. The van der Waals surface area contributed by atoms with Crippen molar-refractivity contribution in [2.75, 3.05) is 12.4 Å². The monoisotopic (exact) mass is 600 g/mol. The standard InChI is InChI=1S/C37H45ClN2O3/c1-24(22-40-23-26(3)34(41)33-25(2)9-7-14-32(33)40)19-28-20-27-10-5-6-13-31(27)36(28)15-17-37(18-16-36,35(42)43-4)39-30-12-8-11-29(38)21-30/h5-6,8,10-13,21,23-25,28,39H,7,9,14-20,22H2,1-4H3/t24-,25?,28+,36?,37?/m1/s1. The molecule has 1 saturated carbocycles. The molecule has 0 bridgehead atoms. The van der Waals surface area contributed by atoms with Crippen molar-refractivity contribution in [3.8, 4) is 0 Å². The Hall–Kier alpha value is -3.05. The maximum Gasteiger partial charge on any atom is 0.331 e. The van der Waals surface area contributed by atoms with Gasteiger partial charge in [0.15, 0.2) is 5.43 Å². The van der Waals surface area contributed by atoms with E-state index in [1.165, 1.54) is 23.9 Å². The maximum absolute atomic E-state index is 13.3. The number of aryl methyl sites for hydroxylation is 1. The second kappa shape index (κ2) is 11.8. The summed E-state index contributed by atoms with van der Waals surface area (Å²) in [7, 11) is 1.49. The molecule has 6 rings (SSSR count). The van der Waals surface area contributed by atoms with Gasteiger partial charge in [-0.1, -0.05) is 55.8 Å². The molecule has 3 atom stereocenters. The van der Waals surface area contributed by atoms with Gasteiger partial charge in [-0.15, -0.1) is 0 Å². The highest BCUT2D eigenvalue weighted by Crippen LogP contribution is 2.56. The van der Waals surface area contributed by atoms with Crippen molar-refractivity contribution in [3.63, 3.8) is 0 Å². The van der Waals surface area contributed by atoms with E-state index in [2.05, 4.69) is 54.2 Å². The van der Waals surface area contributed by atoms with Crippen molar-refractivity contribution < 1.29 is 9.53 Å². The molecule has 43 heavy (non-hydrogen) atoms. The normalized spacial score (nSPS) is 26.9.